The van der Waals surface area contributed by atoms with Crippen molar-refractivity contribution in [3.63, 3.8) is 0 Å². The summed E-state index contributed by atoms with van der Waals surface area (Å²) in [6.45, 7) is 3.71. The lowest BCUT2D eigenvalue weighted by molar-refractivity contribution is 0.321. The minimum Gasteiger partial charge on any atom is -0.497 e. The first-order valence-corrected chi connectivity index (χ1v) is 10.7. The maximum absolute atomic E-state index is 5.39. The summed E-state index contributed by atoms with van der Waals surface area (Å²) in [6.07, 6.45) is 2.01. The van der Waals surface area contributed by atoms with Crippen LogP contribution >= 0.6 is 24.0 Å². The van der Waals surface area contributed by atoms with Crippen molar-refractivity contribution in [2.45, 2.75) is 25.4 Å². The summed E-state index contributed by atoms with van der Waals surface area (Å²) in [4.78, 5) is 6.83. The number of rotatable bonds is 9. The molecule has 0 radical (unpaired) electrons. The Kier molecular flexibility index (Phi) is 10.9. The Hall–Kier alpha value is -2.20. The lowest BCUT2D eigenvalue weighted by Crippen LogP contribution is -2.45. The molecule has 0 amide bonds. The molecule has 176 valence electrons. The molecule has 2 aromatic carbocycles. The van der Waals surface area contributed by atoms with Crippen LogP contribution in [0.4, 0.5) is 0 Å². The summed E-state index contributed by atoms with van der Waals surface area (Å²) in [7, 11) is 6.87. The SMILES string of the molecule is CN=C(NCCc1ccc(OC)cc1)NC1CCN(Cc2cc(OC)cc(OC)c2)C1.I. The highest BCUT2D eigenvalue weighted by Crippen LogP contribution is 2.24. The van der Waals surface area contributed by atoms with Gasteiger partial charge in [-0.1, -0.05) is 12.1 Å². The molecule has 0 bridgehead atoms. The first-order valence-electron chi connectivity index (χ1n) is 10.7. The third-order valence-corrected chi connectivity index (χ3v) is 5.52. The molecule has 1 atom stereocenters. The highest BCUT2D eigenvalue weighted by molar-refractivity contribution is 14.0. The van der Waals surface area contributed by atoms with Crippen LogP contribution in [0.3, 0.4) is 0 Å². The lowest BCUT2D eigenvalue weighted by atomic mass is 10.1. The van der Waals surface area contributed by atoms with Crippen LogP contribution in [0.2, 0.25) is 0 Å². The minimum atomic E-state index is 0. The number of guanidine groups is 1. The fraction of sp³-hybridized carbons (Fsp3) is 0.458. The average molecular weight is 554 g/mol. The molecule has 1 unspecified atom stereocenters. The van der Waals surface area contributed by atoms with Crippen LogP contribution in [-0.2, 0) is 13.0 Å². The third kappa shape index (κ3) is 7.74. The van der Waals surface area contributed by atoms with Crippen LogP contribution in [0.1, 0.15) is 17.5 Å². The molecule has 8 heteroatoms. The molecule has 0 spiro atoms. The van der Waals surface area contributed by atoms with E-state index in [0.717, 1.165) is 62.2 Å². The summed E-state index contributed by atoms with van der Waals surface area (Å²) >= 11 is 0. The molecule has 2 aromatic rings. The molecular weight excluding hydrogens is 519 g/mol. The monoisotopic (exact) mass is 554 g/mol. The van der Waals surface area contributed by atoms with Gasteiger partial charge in [0.1, 0.15) is 17.2 Å². The van der Waals surface area contributed by atoms with Gasteiger partial charge < -0.3 is 24.8 Å². The number of methoxy groups -OCH3 is 3. The quantitative estimate of drug-likeness (QED) is 0.282. The van der Waals surface area contributed by atoms with Gasteiger partial charge in [0.15, 0.2) is 5.96 Å². The highest BCUT2D eigenvalue weighted by atomic mass is 127. The molecule has 2 N–H and O–H groups in total. The maximum atomic E-state index is 5.39. The smallest absolute Gasteiger partial charge is 0.191 e. The van der Waals surface area contributed by atoms with Crippen LogP contribution in [0.5, 0.6) is 17.2 Å². The van der Waals surface area contributed by atoms with E-state index < -0.39 is 0 Å². The van der Waals surface area contributed by atoms with Gasteiger partial charge >= 0.3 is 0 Å². The van der Waals surface area contributed by atoms with E-state index in [2.05, 4.69) is 44.8 Å². The van der Waals surface area contributed by atoms with Crippen molar-refractivity contribution in [2.75, 3.05) is 48.0 Å². The van der Waals surface area contributed by atoms with Gasteiger partial charge in [0, 0.05) is 45.3 Å². The highest BCUT2D eigenvalue weighted by Gasteiger charge is 2.23. The van der Waals surface area contributed by atoms with Crippen molar-refractivity contribution in [3.8, 4) is 17.2 Å². The normalized spacial score (nSPS) is 16.2. The van der Waals surface area contributed by atoms with Gasteiger partial charge in [-0.3, -0.25) is 9.89 Å². The first kappa shape index (κ1) is 26.1. The Morgan fingerprint density at radius 3 is 2.22 bits per heavy atom. The minimum absolute atomic E-state index is 0. The van der Waals surface area contributed by atoms with Crippen LogP contribution in [-0.4, -0.2) is 64.9 Å². The summed E-state index contributed by atoms with van der Waals surface area (Å²) < 4.78 is 16.0. The van der Waals surface area contributed by atoms with E-state index in [9.17, 15) is 0 Å². The van der Waals surface area contributed by atoms with Crippen molar-refractivity contribution < 1.29 is 14.2 Å². The molecule has 1 fully saturated rings. The average Bonchev–Trinajstić information content (AvgIpc) is 3.25. The molecule has 3 rings (SSSR count). The number of halogens is 1. The molecule has 0 aromatic heterocycles. The van der Waals surface area contributed by atoms with E-state index >= 15 is 0 Å². The topological polar surface area (TPSA) is 67.4 Å². The molecule has 7 nitrogen and oxygen atoms in total. The van der Waals surface area contributed by atoms with E-state index in [1.54, 1.807) is 21.3 Å². The zero-order valence-corrected chi connectivity index (χ0v) is 21.7. The molecule has 1 aliphatic rings. The summed E-state index contributed by atoms with van der Waals surface area (Å²) in [6, 6.07) is 14.6. The molecule has 0 saturated carbocycles. The summed E-state index contributed by atoms with van der Waals surface area (Å²) in [5.74, 6) is 3.38. The van der Waals surface area contributed by atoms with E-state index in [0.29, 0.717) is 6.04 Å². The van der Waals surface area contributed by atoms with E-state index in [1.807, 2.05) is 25.2 Å². The standard InChI is InChI=1S/C24H34N4O3.HI/c1-25-24(26-11-9-18-5-7-21(29-2)8-6-18)27-20-10-12-28(17-20)16-19-13-22(30-3)15-23(14-19)31-4;/h5-8,13-15,20H,9-12,16-17H2,1-4H3,(H2,25,26,27);1H. The first-order chi connectivity index (χ1) is 15.1. The van der Waals surface area contributed by atoms with Gasteiger partial charge in [0.2, 0.25) is 0 Å². The Morgan fingerprint density at radius 2 is 1.62 bits per heavy atom. The predicted octanol–water partition coefficient (Wildman–Crippen LogP) is 3.31. The van der Waals surface area contributed by atoms with Gasteiger partial charge in [0.25, 0.3) is 0 Å². The summed E-state index contributed by atoms with van der Waals surface area (Å²) in [5.41, 5.74) is 2.46. The lowest BCUT2D eigenvalue weighted by Gasteiger charge is -2.19. The Balaban J connectivity index is 0.00000363. The van der Waals surface area contributed by atoms with Crippen molar-refractivity contribution >= 4 is 29.9 Å². The zero-order chi connectivity index (χ0) is 22.1. The van der Waals surface area contributed by atoms with Crippen molar-refractivity contribution in [1.29, 1.82) is 0 Å². The Morgan fingerprint density at radius 1 is 0.969 bits per heavy atom. The molecule has 1 heterocycles. The second-order valence-corrected chi connectivity index (χ2v) is 7.68. The fourth-order valence-electron chi connectivity index (χ4n) is 3.82. The number of likely N-dealkylation sites (tertiary alicyclic amines) is 1. The number of hydrogen-bond acceptors (Lipinski definition) is 5. The maximum Gasteiger partial charge on any atom is 0.191 e. The van der Waals surface area contributed by atoms with Crippen LogP contribution in [0.25, 0.3) is 0 Å². The fourth-order valence-corrected chi connectivity index (χ4v) is 3.82. The van der Waals surface area contributed by atoms with E-state index in [1.165, 1.54) is 11.1 Å². The van der Waals surface area contributed by atoms with Crippen molar-refractivity contribution in [2.24, 2.45) is 4.99 Å². The second kappa shape index (κ2) is 13.4. The largest absolute Gasteiger partial charge is 0.497 e. The van der Waals surface area contributed by atoms with Crippen LogP contribution < -0.4 is 24.8 Å². The molecular formula is C24H35IN4O3. The van der Waals surface area contributed by atoms with Gasteiger partial charge in [-0.2, -0.15) is 0 Å². The second-order valence-electron chi connectivity index (χ2n) is 7.68. The number of nitrogens with zero attached hydrogens (tertiary/aromatic N) is 2. The number of aliphatic imine (C=N–C) groups is 1. The molecule has 0 aliphatic carbocycles. The molecule has 1 aliphatic heterocycles. The van der Waals surface area contributed by atoms with Crippen molar-refractivity contribution in [3.05, 3.63) is 53.6 Å². The Labute approximate surface area is 208 Å². The van der Waals surface area contributed by atoms with Crippen LogP contribution in [0, 0.1) is 0 Å². The van der Waals surface area contributed by atoms with Gasteiger partial charge in [0.05, 0.1) is 21.3 Å². The third-order valence-electron chi connectivity index (χ3n) is 5.52. The van der Waals surface area contributed by atoms with E-state index in [-0.39, 0.29) is 24.0 Å². The number of hydrogen-bond donors (Lipinski definition) is 2. The van der Waals surface area contributed by atoms with Gasteiger partial charge in [-0.05, 0) is 48.2 Å². The number of nitrogens with one attached hydrogen (secondary N) is 2. The van der Waals surface area contributed by atoms with Gasteiger partial charge in [-0.15, -0.1) is 24.0 Å². The molecule has 1 saturated heterocycles. The van der Waals surface area contributed by atoms with E-state index in [4.69, 9.17) is 14.2 Å². The number of ether oxygens (including phenoxy) is 3. The molecule has 32 heavy (non-hydrogen) atoms. The van der Waals surface area contributed by atoms with Gasteiger partial charge in [-0.25, -0.2) is 0 Å². The predicted molar refractivity (Wildman–Crippen MR) is 140 cm³/mol. The Bertz CT molecular complexity index is 839. The summed E-state index contributed by atoms with van der Waals surface area (Å²) in [5, 5.41) is 6.98. The van der Waals surface area contributed by atoms with Crippen molar-refractivity contribution in [1.82, 2.24) is 15.5 Å². The zero-order valence-electron chi connectivity index (χ0n) is 19.4. The van der Waals surface area contributed by atoms with Crippen LogP contribution in [0.15, 0.2) is 47.5 Å². The number of benzene rings is 2.